The highest BCUT2D eigenvalue weighted by molar-refractivity contribution is 14.1. The predicted molar refractivity (Wildman–Crippen MR) is 81.2 cm³/mol. The van der Waals surface area contributed by atoms with Gasteiger partial charge in [-0.2, -0.15) is 0 Å². The number of hydrogen-bond acceptors (Lipinski definition) is 3. The molecule has 4 nitrogen and oxygen atoms in total. The maximum atomic E-state index is 11.7. The zero-order valence-electron chi connectivity index (χ0n) is 9.44. The Morgan fingerprint density at radius 2 is 2.17 bits per heavy atom. The molecule has 2 aromatic rings. The number of anilines is 1. The van der Waals surface area contributed by atoms with Crippen LogP contribution in [0.3, 0.4) is 0 Å². The van der Waals surface area contributed by atoms with Crippen molar-refractivity contribution in [2.75, 3.05) is 11.9 Å². The average molecular weight is 376 g/mol. The lowest BCUT2D eigenvalue weighted by molar-refractivity contribution is 0.676. The Hall–Kier alpha value is -1.08. The summed E-state index contributed by atoms with van der Waals surface area (Å²) in [6.45, 7) is 1.17. The third-order valence-corrected chi connectivity index (χ3v) is 3.47. The summed E-state index contributed by atoms with van der Waals surface area (Å²) >= 11 is 8.00. The van der Waals surface area contributed by atoms with Gasteiger partial charge in [-0.05, 0) is 34.7 Å². The van der Waals surface area contributed by atoms with Gasteiger partial charge in [0, 0.05) is 19.3 Å². The number of hydrogen-bond donors (Lipinski definition) is 1. The van der Waals surface area contributed by atoms with Gasteiger partial charge in [0.25, 0.3) is 5.56 Å². The van der Waals surface area contributed by atoms with E-state index in [-0.39, 0.29) is 5.56 Å². The van der Waals surface area contributed by atoms with E-state index in [4.69, 9.17) is 11.6 Å². The van der Waals surface area contributed by atoms with E-state index in [1.165, 1.54) is 0 Å². The Bertz CT molecular complexity index is 600. The van der Waals surface area contributed by atoms with Crippen molar-refractivity contribution in [2.24, 2.45) is 0 Å². The Labute approximate surface area is 123 Å². The lowest BCUT2D eigenvalue weighted by atomic mass is 10.3. The molecule has 0 aliphatic rings. The van der Waals surface area contributed by atoms with Gasteiger partial charge in [-0.3, -0.25) is 9.36 Å². The van der Waals surface area contributed by atoms with Gasteiger partial charge in [0.15, 0.2) is 0 Å². The van der Waals surface area contributed by atoms with E-state index in [1.54, 1.807) is 17.1 Å². The molecule has 18 heavy (non-hydrogen) atoms. The van der Waals surface area contributed by atoms with E-state index in [0.29, 0.717) is 21.7 Å². The highest BCUT2D eigenvalue weighted by Crippen LogP contribution is 2.19. The number of aromatic nitrogens is 2. The topological polar surface area (TPSA) is 46.9 Å². The SMILES string of the molecule is O=c1c(I)cncn1CCNc1ccccc1Cl. The molecule has 1 aromatic carbocycles. The fraction of sp³-hybridized carbons (Fsp3) is 0.167. The zero-order chi connectivity index (χ0) is 13.0. The maximum Gasteiger partial charge on any atom is 0.266 e. The van der Waals surface area contributed by atoms with Crippen LogP contribution < -0.4 is 10.9 Å². The van der Waals surface area contributed by atoms with Crippen LogP contribution in [-0.2, 0) is 6.54 Å². The molecule has 0 atom stereocenters. The van der Waals surface area contributed by atoms with Crippen molar-refractivity contribution in [1.29, 1.82) is 0 Å². The summed E-state index contributed by atoms with van der Waals surface area (Å²) in [5, 5.41) is 3.86. The van der Waals surface area contributed by atoms with E-state index in [0.717, 1.165) is 5.69 Å². The highest BCUT2D eigenvalue weighted by Gasteiger charge is 2.01. The third kappa shape index (κ3) is 3.23. The largest absolute Gasteiger partial charge is 0.382 e. The van der Waals surface area contributed by atoms with Gasteiger partial charge in [-0.25, -0.2) is 4.98 Å². The summed E-state index contributed by atoms with van der Waals surface area (Å²) < 4.78 is 2.19. The van der Waals surface area contributed by atoms with E-state index in [2.05, 4.69) is 10.3 Å². The molecule has 2 rings (SSSR count). The first-order valence-electron chi connectivity index (χ1n) is 5.37. The summed E-state index contributed by atoms with van der Waals surface area (Å²) in [6.07, 6.45) is 3.10. The molecule has 94 valence electrons. The zero-order valence-corrected chi connectivity index (χ0v) is 12.4. The van der Waals surface area contributed by atoms with Crippen molar-refractivity contribution in [3.8, 4) is 0 Å². The Morgan fingerprint density at radius 1 is 1.39 bits per heavy atom. The Kier molecular flexibility index (Phi) is 4.60. The minimum atomic E-state index is -0.0217. The number of para-hydroxylation sites is 1. The number of nitrogens with one attached hydrogen (secondary N) is 1. The first kappa shape index (κ1) is 13.4. The summed E-state index contributed by atoms with van der Waals surface area (Å²) in [5.74, 6) is 0. The van der Waals surface area contributed by atoms with E-state index in [1.807, 2.05) is 46.9 Å². The first-order valence-corrected chi connectivity index (χ1v) is 6.82. The van der Waals surface area contributed by atoms with E-state index in [9.17, 15) is 4.79 Å². The van der Waals surface area contributed by atoms with Crippen molar-refractivity contribution in [1.82, 2.24) is 9.55 Å². The number of halogens is 2. The summed E-state index contributed by atoms with van der Waals surface area (Å²) in [7, 11) is 0. The van der Waals surface area contributed by atoms with Crippen LogP contribution >= 0.6 is 34.2 Å². The Morgan fingerprint density at radius 3 is 2.94 bits per heavy atom. The standard InChI is InChI=1S/C12H11ClIN3O/c13-9-3-1-2-4-11(9)16-5-6-17-8-15-7-10(14)12(17)18/h1-4,7-8,16H,5-6H2. The second kappa shape index (κ2) is 6.19. The molecule has 1 aromatic heterocycles. The summed E-state index contributed by atoms with van der Waals surface area (Å²) in [5.41, 5.74) is 0.845. The molecule has 0 radical (unpaired) electrons. The second-order valence-electron chi connectivity index (χ2n) is 3.65. The molecule has 1 heterocycles. The van der Waals surface area contributed by atoms with E-state index < -0.39 is 0 Å². The van der Waals surface area contributed by atoms with Crippen molar-refractivity contribution in [3.63, 3.8) is 0 Å². The molecular formula is C12H11ClIN3O. The maximum absolute atomic E-state index is 11.7. The van der Waals surface area contributed by atoms with Crippen LogP contribution in [0, 0.1) is 3.57 Å². The van der Waals surface area contributed by atoms with Crippen LogP contribution in [0.4, 0.5) is 5.69 Å². The quantitative estimate of drug-likeness (QED) is 0.836. The molecule has 1 N–H and O–H groups in total. The summed E-state index contributed by atoms with van der Waals surface area (Å²) in [4.78, 5) is 15.7. The number of benzene rings is 1. The van der Waals surface area contributed by atoms with Gasteiger partial charge in [-0.1, -0.05) is 23.7 Å². The van der Waals surface area contributed by atoms with Crippen molar-refractivity contribution in [2.45, 2.75) is 6.54 Å². The summed E-state index contributed by atoms with van der Waals surface area (Å²) in [6, 6.07) is 7.51. The molecule has 0 bridgehead atoms. The molecule has 0 aliphatic carbocycles. The number of nitrogens with zero attached hydrogens (tertiary/aromatic N) is 2. The van der Waals surface area contributed by atoms with Gasteiger partial charge >= 0.3 is 0 Å². The predicted octanol–water partition coefficient (Wildman–Crippen LogP) is 2.61. The monoisotopic (exact) mass is 375 g/mol. The minimum Gasteiger partial charge on any atom is -0.382 e. The molecular weight excluding hydrogens is 365 g/mol. The van der Waals surface area contributed by atoms with Gasteiger partial charge in [0.2, 0.25) is 0 Å². The molecule has 0 amide bonds. The second-order valence-corrected chi connectivity index (χ2v) is 5.22. The third-order valence-electron chi connectivity index (χ3n) is 2.40. The van der Waals surface area contributed by atoms with Crippen molar-refractivity contribution >= 4 is 39.9 Å². The fourth-order valence-electron chi connectivity index (χ4n) is 1.50. The highest BCUT2D eigenvalue weighted by atomic mass is 127. The lowest BCUT2D eigenvalue weighted by Crippen LogP contribution is -2.25. The molecule has 0 saturated heterocycles. The van der Waals surface area contributed by atoms with Crippen molar-refractivity contribution in [3.05, 3.63) is 55.7 Å². The number of rotatable bonds is 4. The van der Waals surface area contributed by atoms with Gasteiger partial charge in [0.1, 0.15) is 0 Å². The van der Waals surface area contributed by atoms with Crippen LogP contribution in [0.25, 0.3) is 0 Å². The first-order chi connectivity index (χ1) is 8.68. The van der Waals surface area contributed by atoms with Gasteiger partial charge < -0.3 is 5.32 Å². The Balaban J connectivity index is 1.99. The van der Waals surface area contributed by atoms with Crippen molar-refractivity contribution < 1.29 is 0 Å². The van der Waals surface area contributed by atoms with Crippen LogP contribution in [0.2, 0.25) is 5.02 Å². The van der Waals surface area contributed by atoms with Crippen LogP contribution in [0.15, 0.2) is 41.6 Å². The van der Waals surface area contributed by atoms with E-state index >= 15 is 0 Å². The van der Waals surface area contributed by atoms with Gasteiger partial charge in [0.05, 0.1) is 20.6 Å². The van der Waals surface area contributed by atoms with Gasteiger partial charge in [-0.15, -0.1) is 0 Å². The van der Waals surface area contributed by atoms with Crippen LogP contribution in [-0.4, -0.2) is 16.1 Å². The molecule has 0 fully saturated rings. The average Bonchev–Trinajstić information content (AvgIpc) is 2.37. The molecule has 0 saturated carbocycles. The molecule has 6 heteroatoms. The smallest absolute Gasteiger partial charge is 0.266 e. The minimum absolute atomic E-state index is 0.0217. The lowest BCUT2D eigenvalue weighted by Gasteiger charge is -2.09. The molecule has 0 aliphatic heterocycles. The molecule has 0 spiro atoms. The molecule has 0 unspecified atom stereocenters. The van der Waals surface area contributed by atoms with Crippen LogP contribution in [0.5, 0.6) is 0 Å². The van der Waals surface area contributed by atoms with Crippen LogP contribution in [0.1, 0.15) is 0 Å². The fourth-order valence-corrected chi connectivity index (χ4v) is 2.17. The normalized spacial score (nSPS) is 10.3.